The Labute approximate surface area is 241 Å². The fraction of sp³-hybridized carbons (Fsp3) is 0.606. The molecule has 4 N–H and O–H groups in total. The summed E-state index contributed by atoms with van der Waals surface area (Å²) in [4.78, 5) is 33.0. The molecule has 1 heterocycles. The maximum Gasteiger partial charge on any atom is 0.326 e. The monoisotopic (exact) mass is 561 g/mol. The second kappa shape index (κ2) is 10.3. The molecule has 8 heteroatoms. The summed E-state index contributed by atoms with van der Waals surface area (Å²) in [6.07, 6.45) is 12.4. The molecule has 0 radical (unpaired) electrons. The molecule has 4 unspecified atom stereocenters. The molecule has 3 saturated carbocycles. The van der Waals surface area contributed by atoms with Gasteiger partial charge in [-0.3, -0.25) is 4.79 Å². The van der Waals surface area contributed by atoms with Gasteiger partial charge in [0.25, 0.3) is 5.91 Å². The number of carboxylic acids is 1. The van der Waals surface area contributed by atoms with E-state index in [9.17, 15) is 19.8 Å². The Hall–Kier alpha value is -3.13. The summed E-state index contributed by atoms with van der Waals surface area (Å²) in [6, 6.07) is 6.62. The maximum atomic E-state index is 12.6. The first-order valence-electron chi connectivity index (χ1n) is 15.2. The van der Waals surface area contributed by atoms with Crippen molar-refractivity contribution in [3.05, 3.63) is 47.7 Å². The van der Waals surface area contributed by atoms with Gasteiger partial charge in [0.05, 0.1) is 11.3 Å². The van der Waals surface area contributed by atoms with E-state index in [1.54, 1.807) is 6.20 Å². The Morgan fingerprint density at radius 2 is 1.88 bits per heavy atom. The van der Waals surface area contributed by atoms with Crippen molar-refractivity contribution < 1.29 is 24.6 Å². The highest BCUT2D eigenvalue weighted by atomic mass is 16.6. The molecule has 2 aromatic rings. The molecule has 8 nitrogen and oxygen atoms in total. The lowest BCUT2D eigenvalue weighted by molar-refractivity contribution is -0.142. The zero-order chi connectivity index (χ0) is 29.0. The first kappa shape index (κ1) is 28.0. The van der Waals surface area contributed by atoms with E-state index in [0.717, 1.165) is 73.5 Å². The van der Waals surface area contributed by atoms with Crippen LogP contribution in [-0.4, -0.2) is 51.0 Å². The van der Waals surface area contributed by atoms with Crippen molar-refractivity contribution in [2.75, 3.05) is 6.61 Å². The van der Waals surface area contributed by atoms with Gasteiger partial charge in [-0.05, 0) is 105 Å². The molecule has 1 aromatic carbocycles. The van der Waals surface area contributed by atoms with Crippen molar-refractivity contribution in [1.29, 1.82) is 0 Å². The molecule has 0 bridgehead atoms. The van der Waals surface area contributed by atoms with Crippen molar-refractivity contribution in [3.8, 4) is 0 Å². The molecule has 4 aliphatic rings. The van der Waals surface area contributed by atoms with Crippen LogP contribution in [0.4, 0.5) is 0 Å². The minimum Gasteiger partial charge on any atom is -0.480 e. The Morgan fingerprint density at radius 1 is 1.10 bits per heavy atom. The molecule has 0 aliphatic heterocycles. The molecular weight excluding hydrogens is 518 g/mol. The van der Waals surface area contributed by atoms with E-state index >= 15 is 0 Å². The minimum absolute atomic E-state index is 0.0243. The lowest BCUT2D eigenvalue weighted by Gasteiger charge is -2.59. The summed E-state index contributed by atoms with van der Waals surface area (Å²) in [5, 5.41) is 28.7. The summed E-state index contributed by atoms with van der Waals surface area (Å²) >= 11 is 0. The second-order valence-corrected chi connectivity index (χ2v) is 13.6. The number of nitrogens with one attached hydrogen (secondary N) is 2. The number of fused-ring (bicyclic) bond motifs is 6. The van der Waals surface area contributed by atoms with Gasteiger partial charge in [-0.15, -0.1) is 0 Å². The van der Waals surface area contributed by atoms with Gasteiger partial charge in [-0.25, -0.2) is 4.79 Å². The molecule has 1 aromatic heterocycles. The van der Waals surface area contributed by atoms with Crippen molar-refractivity contribution in [2.24, 2.45) is 33.7 Å². The Bertz CT molecular complexity index is 1410. The number of hydrogen-bond donors (Lipinski definition) is 4. The summed E-state index contributed by atoms with van der Waals surface area (Å²) in [6.45, 7) is 6.48. The first-order valence-corrected chi connectivity index (χ1v) is 15.2. The number of aliphatic carboxylic acids is 1. The SMILES string of the molecule is C[C@]12CCC(=NOCC(=O)NC(Cc3c[nH]c4ccccc34)C(=O)O)C=C1CCC1C2CC[C@@]2(C)C1CC[C@]2(C)O. The van der Waals surface area contributed by atoms with E-state index in [1.807, 2.05) is 24.3 Å². The van der Waals surface area contributed by atoms with Gasteiger partial charge < -0.3 is 25.4 Å². The Kier molecular flexibility index (Phi) is 7.04. The molecule has 0 spiro atoms. The van der Waals surface area contributed by atoms with Crippen LogP contribution in [0.2, 0.25) is 0 Å². The fourth-order valence-electron chi connectivity index (χ4n) is 9.02. The molecule has 7 atom stereocenters. The third-order valence-electron chi connectivity index (χ3n) is 11.6. The highest BCUT2D eigenvalue weighted by molar-refractivity contribution is 5.96. The number of oxime groups is 1. The van der Waals surface area contributed by atoms with Crippen LogP contribution < -0.4 is 5.32 Å². The average Bonchev–Trinajstić information content (AvgIpc) is 3.45. The number of carbonyl (C=O) groups excluding carboxylic acids is 1. The highest BCUT2D eigenvalue weighted by Gasteiger charge is 2.62. The number of hydrogen-bond acceptors (Lipinski definition) is 5. The van der Waals surface area contributed by atoms with Crippen LogP contribution in [0.5, 0.6) is 0 Å². The molecule has 220 valence electrons. The number of aromatic amines is 1. The second-order valence-electron chi connectivity index (χ2n) is 13.6. The Morgan fingerprint density at radius 3 is 2.68 bits per heavy atom. The van der Waals surface area contributed by atoms with Gasteiger partial charge in [0, 0.05) is 23.5 Å². The van der Waals surface area contributed by atoms with Crippen LogP contribution in [0.25, 0.3) is 10.9 Å². The maximum absolute atomic E-state index is 12.6. The average molecular weight is 562 g/mol. The number of carboxylic acid groups (broad SMARTS) is 1. The summed E-state index contributed by atoms with van der Waals surface area (Å²) < 4.78 is 0. The van der Waals surface area contributed by atoms with Crippen molar-refractivity contribution in [2.45, 2.75) is 90.2 Å². The van der Waals surface area contributed by atoms with E-state index < -0.39 is 23.5 Å². The van der Waals surface area contributed by atoms with Crippen LogP contribution in [-0.2, 0) is 20.8 Å². The zero-order valence-corrected chi connectivity index (χ0v) is 24.4. The van der Waals surface area contributed by atoms with Gasteiger partial charge in [0.1, 0.15) is 6.04 Å². The van der Waals surface area contributed by atoms with Crippen LogP contribution in [0, 0.1) is 28.6 Å². The quantitative estimate of drug-likeness (QED) is 0.339. The smallest absolute Gasteiger partial charge is 0.326 e. The van der Waals surface area contributed by atoms with Crippen molar-refractivity contribution in [3.63, 3.8) is 0 Å². The van der Waals surface area contributed by atoms with E-state index in [1.165, 1.54) is 5.57 Å². The standard InChI is InChI=1S/C33H43N3O5/c1-31-13-10-22(17-21(31)8-9-24-25(31)11-14-32(2)26(24)12-15-33(32,3)40)36-41-19-29(37)35-28(30(38)39)16-20-18-34-27-7-5-4-6-23(20)27/h4-7,17-18,24-26,28,34,40H,8-16,19H2,1-3H3,(H,35,37)(H,38,39)/t24?,25?,26?,28?,31-,32-,33-/m0/s1. The lowest BCUT2D eigenvalue weighted by Crippen LogP contribution is -2.53. The third kappa shape index (κ3) is 4.78. The van der Waals surface area contributed by atoms with Crippen LogP contribution in [0.3, 0.4) is 0 Å². The molecular formula is C33H43N3O5. The zero-order valence-electron chi connectivity index (χ0n) is 24.4. The van der Waals surface area contributed by atoms with Gasteiger partial charge >= 0.3 is 5.97 Å². The molecule has 4 aliphatic carbocycles. The highest BCUT2D eigenvalue weighted by Crippen LogP contribution is 2.67. The molecule has 1 amide bonds. The van der Waals surface area contributed by atoms with Crippen LogP contribution in [0.1, 0.15) is 77.7 Å². The van der Waals surface area contributed by atoms with Gasteiger partial charge in [0.2, 0.25) is 0 Å². The number of aliphatic hydroxyl groups is 1. The molecule has 41 heavy (non-hydrogen) atoms. The predicted molar refractivity (Wildman–Crippen MR) is 157 cm³/mol. The minimum atomic E-state index is -1.09. The normalized spacial score (nSPS) is 36.1. The summed E-state index contributed by atoms with van der Waals surface area (Å²) in [5.41, 5.74) is 3.66. The van der Waals surface area contributed by atoms with Gasteiger partial charge in [-0.2, -0.15) is 0 Å². The number of para-hydroxylation sites is 1. The number of nitrogens with zero attached hydrogens (tertiary/aromatic N) is 1. The van der Waals surface area contributed by atoms with E-state index in [-0.39, 0.29) is 23.9 Å². The predicted octanol–water partition coefficient (Wildman–Crippen LogP) is 5.37. The van der Waals surface area contributed by atoms with Crippen LogP contribution >= 0.6 is 0 Å². The number of benzene rings is 1. The number of rotatable bonds is 7. The third-order valence-corrected chi connectivity index (χ3v) is 11.6. The van der Waals surface area contributed by atoms with E-state index in [4.69, 9.17) is 4.84 Å². The van der Waals surface area contributed by atoms with Gasteiger partial charge in [0.15, 0.2) is 6.61 Å². The molecule has 6 rings (SSSR count). The molecule has 3 fully saturated rings. The number of aromatic nitrogens is 1. The summed E-state index contributed by atoms with van der Waals surface area (Å²) in [5.74, 6) is 0.291. The number of H-pyrrole nitrogens is 1. The molecule has 0 saturated heterocycles. The number of allylic oxidation sites excluding steroid dienone is 2. The van der Waals surface area contributed by atoms with E-state index in [2.05, 4.69) is 42.3 Å². The lowest BCUT2D eigenvalue weighted by atomic mass is 9.46. The van der Waals surface area contributed by atoms with Gasteiger partial charge in [-0.1, -0.05) is 42.8 Å². The Balaban J connectivity index is 1.07. The first-order chi connectivity index (χ1) is 19.5. The topological polar surface area (TPSA) is 124 Å². The van der Waals surface area contributed by atoms with Crippen LogP contribution in [0.15, 0.2) is 47.3 Å². The van der Waals surface area contributed by atoms with Crippen molar-refractivity contribution in [1.82, 2.24) is 10.3 Å². The van der Waals surface area contributed by atoms with E-state index in [0.29, 0.717) is 17.8 Å². The largest absolute Gasteiger partial charge is 0.480 e. The summed E-state index contributed by atoms with van der Waals surface area (Å²) in [7, 11) is 0. The number of amides is 1. The number of carbonyl (C=O) groups is 2. The fourth-order valence-corrected chi connectivity index (χ4v) is 9.02. The van der Waals surface area contributed by atoms with Crippen molar-refractivity contribution >= 4 is 28.5 Å².